The summed E-state index contributed by atoms with van der Waals surface area (Å²) in [6, 6.07) is 24.4. The molecule has 3 aromatic carbocycles. The van der Waals surface area contributed by atoms with Crippen LogP contribution in [0.3, 0.4) is 0 Å². The average molecular weight is 436 g/mol. The number of carbonyl (C=O) groups excluding carboxylic acids is 1. The number of aryl methyl sites for hydroxylation is 1. The lowest BCUT2D eigenvalue weighted by molar-refractivity contribution is 0.0985. The minimum absolute atomic E-state index is 0.0618. The molecule has 5 nitrogen and oxygen atoms in total. The van der Waals surface area contributed by atoms with Crippen molar-refractivity contribution in [3.05, 3.63) is 89.5 Å². The number of hydrogen-bond acceptors (Lipinski definition) is 4. The van der Waals surface area contributed by atoms with Gasteiger partial charge in [-0.15, -0.1) is 0 Å². The Morgan fingerprint density at radius 3 is 2.61 bits per heavy atom. The first-order chi connectivity index (χ1) is 16.2. The number of nitrogens with zero attached hydrogens (tertiary/aromatic N) is 3. The number of para-hydroxylation sites is 1. The molecule has 0 aliphatic carbocycles. The fraction of sp³-hybridized carbons (Fsp3) is 0.214. The molecular formula is C28H25N3O2. The third-order valence-electron chi connectivity index (χ3n) is 6.72. The van der Waals surface area contributed by atoms with E-state index in [1.54, 1.807) is 7.11 Å². The number of ether oxygens (including phenoxy) is 1. The maximum Gasteiger partial charge on any atom is 0.258 e. The van der Waals surface area contributed by atoms with Crippen LogP contribution >= 0.6 is 0 Å². The molecule has 6 rings (SSSR count). The maximum absolute atomic E-state index is 13.3. The summed E-state index contributed by atoms with van der Waals surface area (Å²) in [5, 5.41) is 1.12. The van der Waals surface area contributed by atoms with Crippen molar-refractivity contribution in [2.24, 2.45) is 0 Å². The van der Waals surface area contributed by atoms with Crippen molar-refractivity contribution in [1.82, 2.24) is 4.98 Å². The smallest absolute Gasteiger partial charge is 0.258 e. The van der Waals surface area contributed by atoms with Crippen LogP contribution in [-0.4, -0.2) is 31.1 Å². The van der Waals surface area contributed by atoms with E-state index in [1.807, 2.05) is 59.5 Å². The quantitative estimate of drug-likeness (QED) is 0.424. The molecule has 164 valence electrons. The van der Waals surface area contributed by atoms with Gasteiger partial charge in [-0.05, 0) is 78.9 Å². The summed E-state index contributed by atoms with van der Waals surface area (Å²) in [6.45, 7) is 1.64. The summed E-state index contributed by atoms with van der Waals surface area (Å²) in [6.07, 6.45) is 2.98. The summed E-state index contributed by atoms with van der Waals surface area (Å²) in [5.74, 6) is 1.85. The molecule has 0 saturated carbocycles. The van der Waals surface area contributed by atoms with Crippen molar-refractivity contribution in [3.63, 3.8) is 0 Å². The summed E-state index contributed by atoms with van der Waals surface area (Å²) < 4.78 is 5.37. The third kappa shape index (κ3) is 3.41. The lowest BCUT2D eigenvalue weighted by atomic mass is 10.0. The van der Waals surface area contributed by atoms with Gasteiger partial charge in [-0.2, -0.15) is 0 Å². The van der Waals surface area contributed by atoms with E-state index in [1.165, 1.54) is 11.1 Å². The van der Waals surface area contributed by atoms with Gasteiger partial charge in [-0.1, -0.05) is 18.2 Å². The second kappa shape index (κ2) is 7.93. The van der Waals surface area contributed by atoms with E-state index in [0.29, 0.717) is 5.56 Å². The van der Waals surface area contributed by atoms with Crippen LogP contribution in [0.15, 0.2) is 72.8 Å². The second-order valence-corrected chi connectivity index (χ2v) is 8.67. The molecule has 4 aromatic rings. The van der Waals surface area contributed by atoms with Gasteiger partial charge in [0.1, 0.15) is 11.6 Å². The van der Waals surface area contributed by atoms with Crippen LogP contribution < -0.4 is 14.5 Å². The Hall–Kier alpha value is -3.86. The summed E-state index contributed by atoms with van der Waals surface area (Å²) in [5.41, 5.74) is 6.23. The molecule has 0 fully saturated rings. The van der Waals surface area contributed by atoms with Crippen molar-refractivity contribution in [2.75, 3.05) is 30.0 Å². The van der Waals surface area contributed by atoms with E-state index in [-0.39, 0.29) is 5.91 Å². The fourth-order valence-corrected chi connectivity index (χ4v) is 5.00. The highest BCUT2D eigenvalue weighted by Gasteiger charge is 2.25. The first-order valence-corrected chi connectivity index (χ1v) is 11.5. The topological polar surface area (TPSA) is 45.7 Å². The van der Waals surface area contributed by atoms with Crippen molar-refractivity contribution in [2.45, 2.75) is 19.3 Å². The van der Waals surface area contributed by atoms with E-state index >= 15 is 0 Å². The molecule has 0 saturated heterocycles. The van der Waals surface area contributed by atoms with Gasteiger partial charge < -0.3 is 14.5 Å². The molecule has 2 aliphatic heterocycles. The van der Waals surface area contributed by atoms with Gasteiger partial charge in [-0.25, -0.2) is 4.98 Å². The SMILES string of the molecule is COc1ccc2cc3c(nc2c1)N(c1ccc(C(=O)N2CCCc4ccccc42)cc1)CC3. The first kappa shape index (κ1) is 19.8. The highest BCUT2D eigenvalue weighted by molar-refractivity contribution is 6.07. The van der Waals surface area contributed by atoms with Crippen LogP contribution in [-0.2, 0) is 12.8 Å². The Morgan fingerprint density at radius 1 is 0.909 bits per heavy atom. The third-order valence-corrected chi connectivity index (χ3v) is 6.72. The van der Waals surface area contributed by atoms with Crippen LogP contribution in [0, 0.1) is 0 Å². The van der Waals surface area contributed by atoms with Gasteiger partial charge in [0.05, 0.1) is 12.6 Å². The van der Waals surface area contributed by atoms with Crippen molar-refractivity contribution in [3.8, 4) is 5.75 Å². The molecule has 0 spiro atoms. The van der Waals surface area contributed by atoms with Crippen molar-refractivity contribution >= 4 is 34.0 Å². The lowest BCUT2D eigenvalue weighted by Gasteiger charge is -2.29. The summed E-state index contributed by atoms with van der Waals surface area (Å²) in [7, 11) is 1.67. The highest BCUT2D eigenvalue weighted by Crippen LogP contribution is 2.36. The average Bonchev–Trinajstić information content (AvgIpc) is 3.29. The van der Waals surface area contributed by atoms with Gasteiger partial charge in [-0.3, -0.25) is 4.79 Å². The van der Waals surface area contributed by atoms with Crippen molar-refractivity contribution in [1.29, 1.82) is 0 Å². The number of hydrogen-bond donors (Lipinski definition) is 0. The minimum atomic E-state index is 0.0618. The van der Waals surface area contributed by atoms with E-state index < -0.39 is 0 Å². The van der Waals surface area contributed by atoms with Crippen molar-refractivity contribution < 1.29 is 9.53 Å². The van der Waals surface area contributed by atoms with Crippen LogP contribution in [0.25, 0.3) is 10.9 Å². The normalized spacial score (nSPS) is 14.8. The Morgan fingerprint density at radius 2 is 1.76 bits per heavy atom. The molecule has 0 bridgehead atoms. The minimum Gasteiger partial charge on any atom is -0.497 e. The van der Waals surface area contributed by atoms with Gasteiger partial charge >= 0.3 is 0 Å². The number of methoxy groups -OCH3 is 1. The molecule has 0 radical (unpaired) electrons. The van der Waals surface area contributed by atoms with Gasteiger partial charge in [0.15, 0.2) is 0 Å². The number of pyridine rings is 1. The number of anilines is 3. The zero-order chi connectivity index (χ0) is 22.4. The summed E-state index contributed by atoms with van der Waals surface area (Å²) >= 11 is 0. The van der Waals surface area contributed by atoms with Crippen LogP contribution in [0.5, 0.6) is 5.75 Å². The number of benzene rings is 3. The summed E-state index contributed by atoms with van der Waals surface area (Å²) in [4.78, 5) is 22.4. The molecular weight excluding hydrogens is 410 g/mol. The molecule has 5 heteroatoms. The molecule has 2 aliphatic rings. The number of carbonyl (C=O) groups is 1. The standard InChI is InChI=1S/C28H25N3O2/c1-33-24-13-10-21-17-22-14-16-30(27(22)29-25(21)18-24)23-11-8-20(9-12-23)28(32)31-15-4-6-19-5-2-3-7-26(19)31/h2-3,5,7-13,17-18H,4,6,14-16H2,1H3. The van der Waals surface area contributed by atoms with E-state index in [4.69, 9.17) is 9.72 Å². The first-order valence-electron chi connectivity index (χ1n) is 11.5. The Balaban J connectivity index is 1.29. The number of amides is 1. The van der Waals surface area contributed by atoms with Crippen LogP contribution in [0.1, 0.15) is 27.9 Å². The number of fused-ring (bicyclic) bond motifs is 3. The molecule has 3 heterocycles. The van der Waals surface area contributed by atoms with Crippen LogP contribution in [0.4, 0.5) is 17.2 Å². The Labute approximate surface area is 193 Å². The Kier molecular flexibility index (Phi) is 4.75. The van der Waals surface area contributed by atoms with Crippen LogP contribution in [0.2, 0.25) is 0 Å². The molecule has 0 N–H and O–H groups in total. The fourth-order valence-electron chi connectivity index (χ4n) is 5.00. The molecule has 0 atom stereocenters. The van der Waals surface area contributed by atoms with E-state index in [9.17, 15) is 4.79 Å². The number of rotatable bonds is 3. The molecule has 1 aromatic heterocycles. The number of aromatic nitrogens is 1. The van der Waals surface area contributed by atoms with Gasteiger partial charge in [0.2, 0.25) is 0 Å². The second-order valence-electron chi connectivity index (χ2n) is 8.67. The maximum atomic E-state index is 13.3. The molecule has 0 unspecified atom stereocenters. The predicted molar refractivity (Wildman–Crippen MR) is 132 cm³/mol. The Bertz CT molecular complexity index is 1360. The predicted octanol–water partition coefficient (Wildman–Crippen LogP) is 5.53. The van der Waals surface area contributed by atoms with Gasteiger partial charge in [0.25, 0.3) is 5.91 Å². The lowest BCUT2D eigenvalue weighted by Crippen LogP contribution is -2.35. The van der Waals surface area contributed by atoms with E-state index in [2.05, 4.69) is 23.1 Å². The largest absolute Gasteiger partial charge is 0.497 e. The van der Waals surface area contributed by atoms with Gasteiger partial charge in [0, 0.05) is 41.5 Å². The van der Waals surface area contributed by atoms with E-state index in [0.717, 1.165) is 66.2 Å². The molecule has 33 heavy (non-hydrogen) atoms. The zero-order valence-electron chi connectivity index (χ0n) is 18.6. The monoisotopic (exact) mass is 435 g/mol. The highest BCUT2D eigenvalue weighted by atomic mass is 16.5. The zero-order valence-corrected chi connectivity index (χ0v) is 18.6. The molecule has 1 amide bonds.